The highest BCUT2D eigenvalue weighted by atomic mass is 32.2. The summed E-state index contributed by atoms with van der Waals surface area (Å²) >= 11 is 3.17. The predicted octanol–water partition coefficient (Wildman–Crippen LogP) is 3.49. The number of thiophene rings is 1. The van der Waals surface area contributed by atoms with Gasteiger partial charge in [0, 0.05) is 15.5 Å². The molecule has 96 valence electrons. The van der Waals surface area contributed by atoms with Crippen molar-refractivity contribution in [1.82, 2.24) is 5.43 Å². The molecule has 0 spiro atoms. The smallest absolute Gasteiger partial charge is 0.136 e. The van der Waals surface area contributed by atoms with E-state index >= 15 is 0 Å². The van der Waals surface area contributed by atoms with Crippen molar-refractivity contribution in [3.05, 3.63) is 52.0 Å². The number of aryl methyl sites for hydroxylation is 1. The molecule has 1 aromatic carbocycles. The van der Waals surface area contributed by atoms with Crippen LogP contribution in [0, 0.1) is 12.7 Å². The van der Waals surface area contributed by atoms with E-state index in [1.165, 1.54) is 28.3 Å². The zero-order valence-corrected chi connectivity index (χ0v) is 11.7. The van der Waals surface area contributed by atoms with Gasteiger partial charge in [-0.05, 0) is 36.1 Å². The maximum Gasteiger partial charge on any atom is 0.136 e. The highest BCUT2D eigenvalue weighted by molar-refractivity contribution is 7.99. The summed E-state index contributed by atoms with van der Waals surface area (Å²) in [7, 11) is 0. The predicted molar refractivity (Wildman–Crippen MR) is 76.2 cm³/mol. The number of hydrogen-bond donors (Lipinski definition) is 2. The fourth-order valence-electron chi connectivity index (χ4n) is 1.72. The first-order valence-corrected chi connectivity index (χ1v) is 7.46. The quantitative estimate of drug-likeness (QED) is 0.501. The van der Waals surface area contributed by atoms with E-state index in [1.807, 2.05) is 11.4 Å². The van der Waals surface area contributed by atoms with Gasteiger partial charge < -0.3 is 0 Å². The first-order chi connectivity index (χ1) is 8.72. The number of hydrazine groups is 1. The zero-order chi connectivity index (χ0) is 13.0. The third-order valence-electron chi connectivity index (χ3n) is 2.72. The van der Waals surface area contributed by atoms with Crippen LogP contribution >= 0.6 is 23.1 Å². The van der Waals surface area contributed by atoms with Crippen LogP contribution < -0.4 is 11.3 Å². The highest BCUT2D eigenvalue weighted by Gasteiger charge is 2.14. The first-order valence-electron chi connectivity index (χ1n) is 5.60. The van der Waals surface area contributed by atoms with Crippen molar-refractivity contribution in [2.75, 3.05) is 5.75 Å². The second kappa shape index (κ2) is 6.33. The van der Waals surface area contributed by atoms with E-state index in [-0.39, 0.29) is 11.9 Å². The molecule has 5 heteroatoms. The maximum absolute atomic E-state index is 13.5. The molecule has 0 radical (unpaired) electrons. The molecule has 1 heterocycles. The topological polar surface area (TPSA) is 38.0 Å². The van der Waals surface area contributed by atoms with Crippen LogP contribution in [-0.4, -0.2) is 5.75 Å². The van der Waals surface area contributed by atoms with E-state index in [1.54, 1.807) is 23.5 Å². The summed E-state index contributed by atoms with van der Waals surface area (Å²) in [6.45, 7) is 2.07. The summed E-state index contributed by atoms with van der Waals surface area (Å²) in [5.41, 5.74) is 3.98. The third kappa shape index (κ3) is 3.11. The molecule has 1 atom stereocenters. The van der Waals surface area contributed by atoms with Gasteiger partial charge in [-0.2, -0.15) is 0 Å². The lowest BCUT2D eigenvalue weighted by molar-refractivity contribution is 0.596. The van der Waals surface area contributed by atoms with Gasteiger partial charge in [0.1, 0.15) is 5.82 Å². The Bertz CT molecular complexity index is 513. The summed E-state index contributed by atoms with van der Waals surface area (Å²) < 4.78 is 13.5. The summed E-state index contributed by atoms with van der Waals surface area (Å²) in [6.07, 6.45) is 0. The molecule has 3 N–H and O–H groups in total. The van der Waals surface area contributed by atoms with Crippen LogP contribution in [0.2, 0.25) is 0 Å². The van der Waals surface area contributed by atoms with E-state index in [0.717, 1.165) is 0 Å². The van der Waals surface area contributed by atoms with Crippen molar-refractivity contribution in [1.29, 1.82) is 0 Å². The van der Waals surface area contributed by atoms with Crippen molar-refractivity contribution >= 4 is 23.1 Å². The van der Waals surface area contributed by atoms with Crippen molar-refractivity contribution < 1.29 is 4.39 Å². The van der Waals surface area contributed by atoms with Crippen LogP contribution in [0.3, 0.4) is 0 Å². The summed E-state index contributed by atoms with van der Waals surface area (Å²) in [6, 6.07) is 8.90. The Morgan fingerprint density at radius 2 is 2.17 bits per heavy atom. The third-order valence-corrected chi connectivity index (χ3v) is 4.72. The molecule has 0 saturated carbocycles. The lowest BCUT2D eigenvalue weighted by atomic mass is 10.1. The van der Waals surface area contributed by atoms with Gasteiger partial charge in [-0.3, -0.25) is 11.3 Å². The largest absolute Gasteiger partial charge is 0.271 e. The van der Waals surface area contributed by atoms with Crippen molar-refractivity contribution in [2.45, 2.75) is 17.9 Å². The average molecular weight is 282 g/mol. The zero-order valence-electron chi connectivity index (χ0n) is 10.0. The molecular weight excluding hydrogens is 267 g/mol. The Morgan fingerprint density at radius 1 is 1.39 bits per heavy atom. The van der Waals surface area contributed by atoms with Crippen LogP contribution in [0.25, 0.3) is 0 Å². The van der Waals surface area contributed by atoms with Crippen LogP contribution in [0.1, 0.15) is 16.5 Å². The lowest BCUT2D eigenvalue weighted by Crippen LogP contribution is -2.29. The monoisotopic (exact) mass is 282 g/mol. The Balaban J connectivity index is 2.05. The van der Waals surface area contributed by atoms with Crippen molar-refractivity contribution in [3.63, 3.8) is 0 Å². The van der Waals surface area contributed by atoms with E-state index < -0.39 is 0 Å². The molecule has 0 saturated heterocycles. The van der Waals surface area contributed by atoms with Crippen LogP contribution in [0.4, 0.5) is 4.39 Å². The number of benzene rings is 1. The molecule has 0 amide bonds. The summed E-state index contributed by atoms with van der Waals surface area (Å²) in [4.78, 5) is 1.90. The Labute approximate surface area is 114 Å². The molecule has 2 aromatic rings. The van der Waals surface area contributed by atoms with Crippen LogP contribution in [0.5, 0.6) is 0 Å². The van der Waals surface area contributed by atoms with Gasteiger partial charge in [-0.25, -0.2) is 4.39 Å². The normalized spacial score (nSPS) is 12.6. The van der Waals surface area contributed by atoms with Gasteiger partial charge in [-0.1, -0.05) is 12.1 Å². The Hall–Kier alpha value is -0.880. The molecule has 0 aliphatic rings. The number of thioether (sulfide) groups is 1. The van der Waals surface area contributed by atoms with E-state index in [2.05, 4.69) is 18.4 Å². The van der Waals surface area contributed by atoms with Crippen molar-refractivity contribution in [2.24, 2.45) is 5.84 Å². The van der Waals surface area contributed by atoms with Crippen LogP contribution in [-0.2, 0) is 0 Å². The number of nitrogens with two attached hydrogens (primary N) is 1. The summed E-state index contributed by atoms with van der Waals surface area (Å²) in [5.74, 6) is 6.11. The molecule has 0 aliphatic heterocycles. The molecule has 1 aromatic heterocycles. The van der Waals surface area contributed by atoms with Gasteiger partial charge in [0.2, 0.25) is 0 Å². The van der Waals surface area contributed by atoms with Gasteiger partial charge in [0.05, 0.1) is 6.04 Å². The molecule has 0 bridgehead atoms. The molecular formula is C13H15FN2S2. The second-order valence-electron chi connectivity index (χ2n) is 3.89. The average Bonchev–Trinajstić information content (AvgIpc) is 2.79. The van der Waals surface area contributed by atoms with Gasteiger partial charge in [0.25, 0.3) is 0 Å². The van der Waals surface area contributed by atoms with Gasteiger partial charge in [-0.15, -0.1) is 23.1 Å². The Kier molecular flexibility index (Phi) is 4.77. The minimum absolute atomic E-state index is 0.0425. The molecule has 2 rings (SSSR count). The molecule has 2 nitrogen and oxygen atoms in total. The van der Waals surface area contributed by atoms with E-state index in [9.17, 15) is 4.39 Å². The highest BCUT2D eigenvalue weighted by Crippen LogP contribution is 2.29. The van der Waals surface area contributed by atoms with Crippen LogP contribution in [0.15, 0.2) is 40.6 Å². The van der Waals surface area contributed by atoms with Crippen molar-refractivity contribution in [3.8, 4) is 0 Å². The number of nitrogens with one attached hydrogen (secondary N) is 1. The molecule has 18 heavy (non-hydrogen) atoms. The second-order valence-corrected chi connectivity index (χ2v) is 6.07. The molecule has 1 unspecified atom stereocenters. The maximum atomic E-state index is 13.5. The van der Waals surface area contributed by atoms with Gasteiger partial charge >= 0.3 is 0 Å². The fraction of sp³-hybridized carbons (Fsp3) is 0.231. The SMILES string of the molecule is Cc1sccc1C(CSc1ccccc1F)NN. The summed E-state index contributed by atoms with van der Waals surface area (Å²) in [5, 5.41) is 2.04. The minimum atomic E-state index is -0.180. The number of halogens is 1. The van der Waals surface area contributed by atoms with E-state index in [4.69, 9.17) is 5.84 Å². The number of rotatable bonds is 5. The Morgan fingerprint density at radius 3 is 2.78 bits per heavy atom. The van der Waals surface area contributed by atoms with E-state index in [0.29, 0.717) is 10.6 Å². The first kappa shape index (κ1) is 13.5. The standard InChI is InChI=1S/C13H15FN2S2/c1-9-10(6-7-17-9)12(16-15)8-18-13-5-3-2-4-11(13)14/h2-7,12,16H,8,15H2,1H3. The number of hydrogen-bond acceptors (Lipinski definition) is 4. The minimum Gasteiger partial charge on any atom is -0.271 e. The molecule has 0 fully saturated rings. The molecule has 0 aliphatic carbocycles. The van der Waals surface area contributed by atoms with Gasteiger partial charge in [0.15, 0.2) is 0 Å². The lowest BCUT2D eigenvalue weighted by Gasteiger charge is -2.15. The fourth-order valence-corrected chi connectivity index (χ4v) is 3.49.